The number of aromatic hydroxyl groups is 1. The number of hydrogen-bond acceptors (Lipinski definition) is 3. The molecule has 3 N–H and O–H groups in total. The molecule has 5 nitrogen and oxygen atoms in total. The number of phenols is 1. The number of halogens is 3. The molecule has 8 heteroatoms. The number of carbonyl (C=O) groups is 1. The zero-order chi connectivity index (χ0) is 13.8. The van der Waals surface area contributed by atoms with Crippen molar-refractivity contribution in [2.75, 3.05) is 7.11 Å². The minimum Gasteiger partial charge on any atom is -0.504 e. The Morgan fingerprint density at radius 3 is 1.82 bits per heavy atom. The second-order valence-electron chi connectivity index (χ2n) is 2.20. The lowest BCUT2D eigenvalue weighted by Gasteiger charge is -1.99. The minimum absolute atomic E-state index is 0.181. The third-order valence-corrected chi connectivity index (χ3v) is 1.09. The van der Waals surface area contributed by atoms with E-state index in [9.17, 15) is 0 Å². The van der Waals surface area contributed by atoms with E-state index in [0.717, 1.165) is 0 Å². The predicted octanol–water partition coefficient (Wildman–Crippen LogP) is 3.61. The van der Waals surface area contributed by atoms with Gasteiger partial charge >= 0.3 is 6.16 Å². The summed E-state index contributed by atoms with van der Waals surface area (Å²) in [6, 6.07) is 6.84. The number of methoxy groups -OCH3 is 1. The molecule has 0 aliphatic rings. The van der Waals surface area contributed by atoms with Crippen LogP contribution in [-0.4, -0.2) is 32.9 Å². The van der Waals surface area contributed by atoms with Crippen LogP contribution >= 0.6 is 34.8 Å². The molecule has 0 atom stereocenters. The number of phenolic OH excluding ortho intramolecular Hbond substituents is 1. The van der Waals surface area contributed by atoms with Crippen LogP contribution in [0.4, 0.5) is 4.79 Å². The monoisotopic (exact) mass is 304 g/mol. The molecule has 1 rings (SSSR count). The van der Waals surface area contributed by atoms with Crippen molar-refractivity contribution in [3.05, 3.63) is 24.3 Å². The molecule has 98 valence electrons. The van der Waals surface area contributed by atoms with Crippen LogP contribution in [0.5, 0.6) is 11.5 Å². The van der Waals surface area contributed by atoms with Gasteiger partial charge in [0.05, 0.1) is 7.11 Å². The lowest BCUT2D eigenvalue weighted by Crippen LogP contribution is -1.81. The summed E-state index contributed by atoms with van der Waals surface area (Å²) in [5.41, 5.74) is 0. The number of ether oxygens (including phenoxy) is 1. The van der Waals surface area contributed by atoms with Gasteiger partial charge in [0.25, 0.3) is 0 Å². The summed E-state index contributed by atoms with van der Waals surface area (Å²) in [5.74, 6) is 0.692. The Kier molecular flexibility index (Phi) is 12.3. The Balaban J connectivity index is 0. The topological polar surface area (TPSA) is 87.0 Å². The third-order valence-electron chi connectivity index (χ3n) is 1.09. The van der Waals surface area contributed by atoms with Crippen molar-refractivity contribution < 1.29 is 24.9 Å². The first-order valence-corrected chi connectivity index (χ1v) is 5.28. The number of hydrogen-bond donors (Lipinski definition) is 3. The van der Waals surface area contributed by atoms with Crippen LogP contribution in [0.3, 0.4) is 0 Å². The molecule has 0 saturated carbocycles. The highest BCUT2D eigenvalue weighted by Gasteiger charge is 1.94. The Bertz CT molecular complexity index is 312. The van der Waals surface area contributed by atoms with E-state index < -0.39 is 10.5 Å². The summed E-state index contributed by atoms with van der Waals surface area (Å²) >= 11 is 14.4. The van der Waals surface area contributed by atoms with E-state index in [2.05, 4.69) is 0 Å². The Morgan fingerprint density at radius 1 is 1.24 bits per heavy atom. The first kappa shape index (κ1) is 18.3. The predicted molar refractivity (Wildman–Crippen MR) is 66.7 cm³/mol. The fourth-order valence-corrected chi connectivity index (χ4v) is 0.630. The van der Waals surface area contributed by atoms with Gasteiger partial charge in [-0.1, -0.05) is 46.9 Å². The van der Waals surface area contributed by atoms with Crippen LogP contribution in [0.15, 0.2) is 24.3 Å². The van der Waals surface area contributed by atoms with Gasteiger partial charge < -0.3 is 20.1 Å². The summed E-state index contributed by atoms with van der Waals surface area (Å²) in [4.78, 5) is 8.56. The van der Waals surface area contributed by atoms with Gasteiger partial charge in [0.1, 0.15) is 0 Å². The summed E-state index contributed by atoms with van der Waals surface area (Å²) < 4.78 is 4.04. The maximum Gasteiger partial charge on any atom is 0.503 e. The summed E-state index contributed by atoms with van der Waals surface area (Å²) in [6.45, 7) is 0. The molecule has 0 unspecified atom stereocenters. The summed E-state index contributed by atoms with van der Waals surface area (Å²) in [6.07, 6.45) is -1.83. The number of rotatable bonds is 1. The minimum atomic E-state index is -1.83. The van der Waals surface area contributed by atoms with Gasteiger partial charge in [0, 0.05) is 0 Å². The molecule has 0 aromatic heterocycles. The van der Waals surface area contributed by atoms with Gasteiger partial charge in [-0.25, -0.2) is 4.79 Å². The van der Waals surface area contributed by atoms with Crippen molar-refractivity contribution in [1.29, 1.82) is 0 Å². The standard InChI is InChI=1S/C7H8O2.CHCl3.CH2O3/c1-9-7-5-3-2-4-6(7)8;2*2-1(3)4/h2-5,8H,1H3;1H;(H2,2,3,4). The molecule has 0 amide bonds. The second-order valence-corrected chi connectivity index (χ2v) is 4.18. The summed E-state index contributed by atoms with van der Waals surface area (Å²) in [5, 5.41) is 22.9. The van der Waals surface area contributed by atoms with Gasteiger partial charge in [0.2, 0.25) is 0 Å². The number of alkyl halides is 3. The van der Waals surface area contributed by atoms with Gasteiger partial charge in [-0.2, -0.15) is 0 Å². The van der Waals surface area contributed by atoms with Crippen LogP contribution in [-0.2, 0) is 0 Å². The van der Waals surface area contributed by atoms with E-state index in [1.807, 2.05) is 0 Å². The molecule has 0 saturated heterocycles. The first-order chi connectivity index (χ1) is 7.81. The average Bonchev–Trinajstić information content (AvgIpc) is 2.16. The van der Waals surface area contributed by atoms with Crippen molar-refractivity contribution in [1.82, 2.24) is 0 Å². The Hall–Kier alpha value is -1.04. The third kappa shape index (κ3) is 17.6. The summed E-state index contributed by atoms with van der Waals surface area (Å²) in [7, 11) is 1.52. The highest BCUT2D eigenvalue weighted by molar-refractivity contribution is 6.63. The zero-order valence-electron chi connectivity index (χ0n) is 8.68. The smallest absolute Gasteiger partial charge is 0.503 e. The molecule has 17 heavy (non-hydrogen) atoms. The lowest BCUT2D eigenvalue weighted by molar-refractivity contribution is 0.137. The van der Waals surface area contributed by atoms with Crippen LogP contribution in [0.25, 0.3) is 0 Å². The molecule has 0 aliphatic heterocycles. The fraction of sp³-hybridized carbons (Fsp3) is 0.222. The Labute approximate surface area is 113 Å². The van der Waals surface area contributed by atoms with E-state index in [0.29, 0.717) is 5.75 Å². The van der Waals surface area contributed by atoms with Crippen molar-refractivity contribution in [3.63, 3.8) is 0 Å². The van der Waals surface area contributed by atoms with E-state index in [1.54, 1.807) is 24.3 Å². The maximum atomic E-state index is 8.99. The Morgan fingerprint density at radius 2 is 1.59 bits per heavy atom. The van der Waals surface area contributed by atoms with Crippen LogP contribution in [0.1, 0.15) is 0 Å². The van der Waals surface area contributed by atoms with Gasteiger partial charge in [-0.3, -0.25) is 0 Å². The quantitative estimate of drug-likeness (QED) is 0.690. The van der Waals surface area contributed by atoms with Gasteiger partial charge in [-0.15, -0.1) is 0 Å². The van der Waals surface area contributed by atoms with E-state index >= 15 is 0 Å². The van der Waals surface area contributed by atoms with Crippen LogP contribution in [0.2, 0.25) is 0 Å². The molecule has 0 spiro atoms. The average molecular weight is 306 g/mol. The second kappa shape index (κ2) is 11.4. The van der Waals surface area contributed by atoms with Gasteiger partial charge in [0.15, 0.2) is 15.8 Å². The molecule has 0 aliphatic carbocycles. The maximum absolute atomic E-state index is 8.99. The first-order valence-electron chi connectivity index (χ1n) is 3.97. The molecule has 0 fully saturated rings. The van der Waals surface area contributed by atoms with E-state index in [-0.39, 0.29) is 5.75 Å². The SMILES string of the molecule is COc1ccccc1O.ClC(Cl)Cl.O=C(O)O. The highest BCUT2D eigenvalue weighted by Crippen LogP contribution is 2.22. The van der Waals surface area contributed by atoms with Crippen molar-refractivity contribution >= 4 is 41.0 Å². The highest BCUT2D eigenvalue weighted by atomic mass is 35.6. The van der Waals surface area contributed by atoms with Crippen molar-refractivity contribution in [2.24, 2.45) is 0 Å². The largest absolute Gasteiger partial charge is 0.504 e. The molecular weight excluding hydrogens is 294 g/mol. The number of para-hydroxylation sites is 2. The normalized spacial score (nSPS) is 8.29. The number of carboxylic acid groups (broad SMARTS) is 2. The van der Waals surface area contributed by atoms with E-state index in [4.69, 9.17) is 59.7 Å². The lowest BCUT2D eigenvalue weighted by atomic mass is 10.3. The molecule has 0 bridgehead atoms. The van der Waals surface area contributed by atoms with Crippen LogP contribution in [0, 0.1) is 0 Å². The van der Waals surface area contributed by atoms with Crippen molar-refractivity contribution in [3.8, 4) is 11.5 Å². The van der Waals surface area contributed by atoms with Crippen LogP contribution < -0.4 is 4.74 Å². The zero-order valence-corrected chi connectivity index (χ0v) is 10.9. The van der Waals surface area contributed by atoms with Crippen molar-refractivity contribution in [2.45, 2.75) is 4.30 Å². The molecule has 1 aromatic rings. The number of benzene rings is 1. The van der Waals surface area contributed by atoms with E-state index in [1.165, 1.54) is 7.11 Å². The molecule has 0 radical (unpaired) electrons. The van der Waals surface area contributed by atoms with Gasteiger partial charge in [-0.05, 0) is 12.1 Å². The fourth-order valence-electron chi connectivity index (χ4n) is 0.630. The molecule has 1 aromatic carbocycles. The molecular formula is C9H11Cl3O5. The molecule has 0 heterocycles.